The lowest BCUT2D eigenvalue weighted by atomic mass is 9.78. The maximum Gasteiger partial charge on any atom is 0.492 e. The molecule has 1 atom stereocenters. The van der Waals surface area contributed by atoms with Gasteiger partial charge in [-0.1, -0.05) is 36.4 Å². The van der Waals surface area contributed by atoms with Crippen molar-refractivity contribution in [1.82, 2.24) is 4.98 Å². The summed E-state index contributed by atoms with van der Waals surface area (Å²) in [5.41, 5.74) is 4.11. The van der Waals surface area contributed by atoms with Gasteiger partial charge in [0.2, 0.25) is 5.90 Å². The maximum absolute atomic E-state index is 10.3. The van der Waals surface area contributed by atoms with E-state index >= 15 is 0 Å². The van der Waals surface area contributed by atoms with Crippen molar-refractivity contribution in [2.75, 3.05) is 37.1 Å². The Morgan fingerprint density at radius 1 is 1.08 bits per heavy atom. The number of fused-ring (bicyclic) bond motifs is 1. The molecule has 0 radical (unpaired) electrons. The van der Waals surface area contributed by atoms with Crippen LogP contribution in [0.4, 0.5) is 17.2 Å². The molecule has 9 nitrogen and oxygen atoms in total. The molecule has 0 bridgehead atoms. The molecule has 39 heavy (non-hydrogen) atoms. The van der Waals surface area contributed by atoms with Gasteiger partial charge in [0, 0.05) is 31.2 Å². The number of nitrogens with one attached hydrogen (secondary N) is 2. The number of anilines is 3. The van der Waals surface area contributed by atoms with Crippen LogP contribution in [-0.4, -0.2) is 60.1 Å². The van der Waals surface area contributed by atoms with Crippen molar-refractivity contribution >= 4 is 35.7 Å². The first-order chi connectivity index (χ1) is 18.9. The second-order valence-electron chi connectivity index (χ2n) is 10.9. The van der Waals surface area contributed by atoms with Crippen molar-refractivity contribution in [3.8, 4) is 0 Å². The van der Waals surface area contributed by atoms with Gasteiger partial charge in [-0.25, -0.2) is 9.98 Å². The fraction of sp³-hybridized carbons (Fsp3) is 0.379. The van der Waals surface area contributed by atoms with Gasteiger partial charge in [-0.15, -0.1) is 0 Å². The molecule has 10 heteroatoms. The molecule has 2 aromatic carbocycles. The molecule has 1 spiro atoms. The van der Waals surface area contributed by atoms with E-state index in [2.05, 4.69) is 15.6 Å². The molecule has 4 N–H and O–H groups in total. The zero-order chi connectivity index (χ0) is 27.0. The predicted molar refractivity (Wildman–Crippen MR) is 151 cm³/mol. The predicted octanol–water partition coefficient (Wildman–Crippen LogP) is 3.25. The number of rotatable bonds is 7. The van der Waals surface area contributed by atoms with E-state index in [-0.39, 0.29) is 18.2 Å². The molecular formula is C29H33BN4O5. The number of benzene rings is 2. The minimum absolute atomic E-state index is 0.0919. The normalized spacial score (nSPS) is 19.8. The molecule has 3 aliphatic heterocycles. The van der Waals surface area contributed by atoms with Gasteiger partial charge in [0.05, 0.1) is 29.5 Å². The first-order valence-electron chi connectivity index (χ1n) is 13.4. The highest BCUT2D eigenvalue weighted by molar-refractivity contribution is 6.62. The van der Waals surface area contributed by atoms with E-state index in [1.165, 1.54) is 0 Å². The molecule has 0 unspecified atom stereocenters. The summed E-state index contributed by atoms with van der Waals surface area (Å²) >= 11 is 0. The number of aromatic nitrogens is 1. The van der Waals surface area contributed by atoms with Crippen LogP contribution in [0.3, 0.4) is 0 Å². The maximum atomic E-state index is 10.3. The fourth-order valence-electron chi connectivity index (χ4n) is 5.47. The van der Waals surface area contributed by atoms with E-state index in [4.69, 9.17) is 19.1 Å². The van der Waals surface area contributed by atoms with Gasteiger partial charge >= 0.3 is 7.12 Å². The highest BCUT2D eigenvalue weighted by atomic mass is 16.5. The van der Waals surface area contributed by atoms with Crippen LogP contribution in [0, 0.1) is 0 Å². The topological polar surface area (TPSA) is 117 Å². The molecule has 4 heterocycles. The number of pyridine rings is 1. The summed E-state index contributed by atoms with van der Waals surface area (Å²) in [5, 5.41) is 27.4. The van der Waals surface area contributed by atoms with Crippen molar-refractivity contribution in [3.63, 3.8) is 0 Å². The van der Waals surface area contributed by atoms with Crippen LogP contribution in [0.15, 0.2) is 65.8 Å². The summed E-state index contributed by atoms with van der Waals surface area (Å²) in [6.45, 7) is 5.65. The summed E-state index contributed by atoms with van der Waals surface area (Å²) in [6, 6.07) is 17.1. The summed E-state index contributed by atoms with van der Waals surface area (Å²) in [7, 11) is -0.933. The van der Waals surface area contributed by atoms with E-state index in [0.717, 1.165) is 46.4 Å². The Balaban J connectivity index is 1.34. The zero-order valence-electron chi connectivity index (χ0n) is 22.2. The monoisotopic (exact) mass is 528 g/mol. The average Bonchev–Trinajstić information content (AvgIpc) is 3.44. The van der Waals surface area contributed by atoms with Gasteiger partial charge in [-0.3, -0.25) is 0 Å². The number of ether oxygens (including phenoxy) is 2. The largest absolute Gasteiger partial charge is 0.492 e. The molecule has 1 saturated heterocycles. The lowest BCUT2D eigenvalue weighted by molar-refractivity contribution is 0.0442. The second kappa shape index (κ2) is 10.3. The molecule has 3 aromatic rings. The molecule has 202 valence electrons. The first-order valence-corrected chi connectivity index (χ1v) is 13.4. The second-order valence-corrected chi connectivity index (χ2v) is 10.9. The van der Waals surface area contributed by atoms with Crippen LogP contribution < -0.4 is 16.1 Å². The summed E-state index contributed by atoms with van der Waals surface area (Å²) in [6.07, 6.45) is 3.40. The number of hydrogen-bond donors (Lipinski definition) is 4. The van der Waals surface area contributed by atoms with Crippen LogP contribution in [0.5, 0.6) is 0 Å². The molecule has 3 aliphatic rings. The highest BCUT2D eigenvalue weighted by Crippen LogP contribution is 2.35. The van der Waals surface area contributed by atoms with Crippen molar-refractivity contribution in [2.45, 2.75) is 43.9 Å². The Morgan fingerprint density at radius 3 is 2.64 bits per heavy atom. The molecule has 0 saturated carbocycles. The van der Waals surface area contributed by atoms with E-state index in [9.17, 15) is 10.1 Å². The van der Waals surface area contributed by atoms with Crippen molar-refractivity contribution in [3.05, 3.63) is 77.5 Å². The van der Waals surface area contributed by atoms with Crippen molar-refractivity contribution in [1.29, 1.82) is 0 Å². The molecular weight excluding hydrogens is 495 g/mol. The smallest absolute Gasteiger partial charge is 0.475 e. The molecule has 1 fully saturated rings. The minimum Gasteiger partial charge on any atom is -0.475 e. The van der Waals surface area contributed by atoms with Gasteiger partial charge in [-0.2, -0.15) is 0 Å². The van der Waals surface area contributed by atoms with Crippen LogP contribution in [-0.2, 0) is 19.7 Å². The molecule has 0 amide bonds. The third-order valence-corrected chi connectivity index (χ3v) is 7.74. The third-order valence-electron chi connectivity index (χ3n) is 7.74. The lowest BCUT2D eigenvalue weighted by Gasteiger charge is -2.28. The van der Waals surface area contributed by atoms with Crippen molar-refractivity contribution in [2.24, 2.45) is 4.99 Å². The summed E-state index contributed by atoms with van der Waals surface area (Å²) in [5.74, 6) is 1.16. The lowest BCUT2D eigenvalue weighted by Crippen LogP contribution is -2.35. The molecule has 1 aromatic heterocycles. The van der Waals surface area contributed by atoms with Gasteiger partial charge in [0.1, 0.15) is 18.0 Å². The number of aliphatic hydroxyl groups excluding tert-OH is 1. The Labute approximate surface area is 228 Å². The average molecular weight is 528 g/mol. The van der Waals surface area contributed by atoms with Crippen LogP contribution in [0.1, 0.15) is 49.4 Å². The quantitative estimate of drug-likeness (QED) is 0.346. The van der Waals surface area contributed by atoms with Crippen LogP contribution in [0.2, 0.25) is 0 Å². The number of aliphatic hydroxyl groups is 1. The van der Waals surface area contributed by atoms with Gasteiger partial charge in [-0.05, 0) is 55.4 Å². The first kappa shape index (κ1) is 25.8. The van der Waals surface area contributed by atoms with Gasteiger partial charge in [0.15, 0.2) is 0 Å². The zero-order valence-corrected chi connectivity index (χ0v) is 22.2. The summed E-state index contributed by atoms with van der Waals surface area (Å²) < 4.78 is 17.4. The molecule has 0 aliphatic carbocycles. The van der Waals surface area contributed by atoms with Gasteiger partial charge in [0.25, 0.3) is 0 Å². The Morgan fingerprint density at radius 2 is 1.87 bits per heavy atom. The standard InChI is InChI=1S/C29H33BN4O5/c1-28(2)22-14-20(8-9-23(22)30(36)39-28)32-26-15-24(33-25(17-35)19-6-4-3-5-7-19)21(16-31-26)27-34-29(18-38-27)10-12-37-13-11-29/h3-9,14-16,25,35-36H,10-13,17-18H2,1-2H3,(H2,31,32,33)/t25-/m1/s1. The Kier molecular flexibility index (Phi) is 6.80. The third kappa shape index (κ3) is 5.13. The number of nitrogens with zero attached hydrogens (tertiary/aromatic N) is 2. The minimum atomic E-state index is -0.933. The highest BCUT2D eigenvalue weighted by Gasteiger charge is 2.41. The van der Waals surface area contributed by atoms with Crippen molar-refractivity contribution < 1.29 is 24.3 Å². The number of hydrogen-bond acceptors (Lipinski definition) is 9. The van der Waals surface area contributed by atoms with Crippen LogP contribution >= 0.6 is 0 Å². The van der Waals surface area contributed by atoms with E-state index in [0.29, 0.717) is 31.5 Å². The SMILES string of the molecule is CC1(C)OB(O)c2ccc(Nc3cc(N[C@H](CO)c4ccccc4)c(C4=NC5(CCOCC5)CO4)cn3)cc21. The Hall–Kier alpha value is -3.44. The Bertz CT molecular complexity index is 1380. The fourth-order valence-corrected chi connectivity index (χ4v) is 5.47. The van der Waals surface area contributed by atoms with Gasteiger partial charge < -0.3 is 34.9 Å². The van der Waals surface area contributed by atoms with E-state index < -0.39 is 12.7 Å². The van der Waals surface area contributed by atoms with Crippen LogP contribution in [0.25, 0.3) is 0 Å². The van der Waals surface area contributed by atoms with E-state index in [1.807, 2.05) is 68.4 Å². The van der Waals surface area contributed by atoms with E-state index in [1.54, 1.807) is 6.20 Å². The molecule has 6 rings (SSSR count). The summed E-state index contributed by atoms with van der Waals surface area (Å²) in [4.78, 5) is 9.69. The number of aliphatic imine (C=N–C) groups is 1.